The summed E-state index contributed by atoms with van der Waals surface area (Å²) in [6, 6.07) is 16.9. The van der Waals surface area contributed by atoms with Gasteiger partial charge in [-0.05, 0) is 72.1 Å². The Bertz CT molecular complexity index is 1200. The van der Waals surface area contributed by atoms with Gasteiger partial charge in [0.1, 0.15) is 5.82 Å². The second kappa shape index (κ2) is 8.18. The molecule has 0 saturated carbocycles. The average Bonchev–Trinajstić information content (AvgIpc) is 3.16. The Morgan fingerprint density at radius 1 is 1.03 bits per heavy atom. The van der Waals surface area contributed by atoms with Crippen LogP contribution >= 0.6 is 11.6 Å². The van der Waals surface area contributed by atoms with E-state index in [0.29, 0.717) is 17.1 Å². The van der Waals surface area contributed by atoms with Gasteiger partial charge in [-0.15, -0.1) is 0 Å². The summed E-state index contributed by atoms with van der Waals surface area (Å²) in [5.74, 6) is -0.632. The molecule has 1 heterocycles. The molecule has 4 rings (SSSR count). The number of nitrogens with zero attached hydrogens (tertiary/aromatic N) is 1. The standard InChI is InChI=1S/C22H18ClFN2O3S/c23-18-5-3-17(4-6-18)22(27)26-12-11-16-2-1-15(13-21(16)26)14-25-30(28,29)20-9-7-19(24)8-10-20/h1-10,13,25H,11-12,14H2. The smallest absolute Gasteiger partial charge is 0.258 e. The highest BCUT2D eigenvalue weighted by Gasteiger charge is 2.26. The maximum atomic E-state index is 13.0. The van der Waals surface area contributed by atoms with Crippen LogP contribution in [0.5, 0.6) is 0 Å². The van der Waals surface area contributed by atoms with E-state index in [4.69, 9.17) is 11.6 Å². The number of amides is 1. The lowest BCUT2D eigenvalue weighted by Crippen LogP contribution is -2.29. The van der Waals surface area contributed by atoms with Crippen LogP contribution in [0.2, 0.25) is 5.02 Å². The monoisotopic (exact) mass is 444 g/mol. The molecule has 0 aromatic heterocycles. The molecule has 5 nitrogen and oxygen atoms in total. The molecule has 1 aliphatic heterocycles. The van der Waals surface area contributed by atoms with Crippen LogP contribution in [-0.4, -0.2) is 20.9 Å². The van der Waals surface area contributed by atoms with Gasteiger partial charge in [0.05, 0.1) is 4.90 Å². The lowest BCUT2D eigenvalue weighted by atomic mass is 10.1. The second-order valence-electron chi connectivity index (χ2n) is 6.96. The zero-order valence-electron chi connectivity index (χ0n) is 15.8. The molecular formula is C22H18ClFN2O3S. The fourth-order valence-electron chi connectivity index (χ4n) is 3.37. The lowest BCUT2D eigenvalue weighted by molar-refractivity contribution is 0.0989. The Balaban J connectivity index is 1.52. The Morgan fingerprint density at radius 2 is 1.73 bits per heavy atom. The van der Waals surface area contributed by atoms with E-state index in [1.165, 1.54) is 12.1 Å². The van der Waals surface area contributed by atoms with Crippen molar-refractivity contribution in [2.24, 2.45) is 0 Å². The van der Waals surface area contributed by atoms with E-state index in [2.05, 4.69) is 4.72 Å². The molecule has 0 aliphatic carbocycles. The van der Waals surface area contributed by atoms with Crippen molar-refractivity contribution >= 4 is 33.2 Å². The molecule has 0 bridgehead atoms. The van der Waals surface area contributed by atoms with Crippen LogP contribution < -0.4 is 9.62 Å². The number of sulfonamides is 1. The fraction of sp³-hybridized carbons (Fsp3) is 0.136. The largest absolute Gasteiger partial charge is 0.308 e. The van der Waals surface area contributed by atoms with Gasteiger partial charge in [-0.25, -0.2) is 17.5 Å². The summed E-state index contributed by atoms with van der Waals surface area (Å²) in [6.45, 7) is 0.609. The molecule has 154 valence electrons. The van der Waals surface area contributed by atoms with Crippen molar-refractivity contribution in [3.05, 3.63) is 94.3 Å². The van der Waals surface area contributed by atoms with Gasteiger partial charge in [-0.3, -0.25) is 4.79 Å². The van der Waals surface area contributed by atoms with E-state index < -0.39 is 15.8 Å². The number of hydrogen-bond acceptors (Lipinski definition) is 3. The first-order valence-corrected chi connectivity index (χ1v) is 11.1. The number of hydrogen-bond donors (Lipinski definition) is 1. The van der Waals surface area contributed by atoms with Gasteiger partial charge in [-0.1, -0.05) is 23.7 Å². The van der Waals surface area contributed by atoms with Crippen LogP contribution in [0.4, 0.5) is 10.1 Å². The molecule has 0 spiro atoms. The molecule has 3 aromatic rings. The molecule has 8 heteroatoms. The van der Waals surface area contributed by atoms with E-state index in [0.717, 1.165) is 35.4 Å². The van der Waals surface area contributed by atoms with Crippen molar-refractivity contribution in [2.45, 2.75) is 17.9 Å². The number of fused-ring (bicyclic) bond motifs is 1. The van der Waals surface area contributed by atoms with Crippen molar-refractivity contribution in [3.8, 4) is 0 Å². The highest BCUT2D eigenvalue weighted by molar-refractivity contribution is 7.89. The number of carbonyl (C=O) groups is 1. The van der Waals surface area contributed by atoms with Gasteiger partial charge < -0.3 is 4.90 Å². The van der Waals surface area contributed by atoms with Gasteiger partial charge in [0.25, 0.3) is 5.91 Å². The van der Waals surface area contributed by atoms with E-state index in [9.17, 15) is 17.6 Å². The highest BCUT2D eigenvalue weighted by Crippen LogP contribution is 2.30. The first-order chi connectivity index (χ1) is 14.3. The second-order valence-corrected chi connectivity index (χ2v) is 9.16. The molecule has 1 amide bonds. The van der Waals surface area contributed by atoms with E-state index in [1.807, 2.05) is 18.2 Å². The van der Waals surface area contributed by atoms with Crippen molar-refractivity contribution in [3.63, 3.8) is 0 Å². The predicted molar refractivity (Wildman–Crippen MR) is 114 cm³/mol. The average molecular weight is 445 g/mol. The van der Waals surface area contributed by atoms with Crippen molar-refractivity contribution in [1.29, 1.82) is 0 Å². The Labute approximate surface area is 179 Å². The maximum Gasteiger partial charge on any atom is 0.258 e. The maximum absolute atomic E-state index is 13.0. The zero-order chi connectivity index (χ0) is 21.3. The first-order valence-electron chi connectivity index (χ1n) is 9.28. The SMILES string of the molecule is O=C(c1ccc(Cl)cc1)N1CCc2ccc(CNS(=O)(=O)c3ccc(F)cc3)cc21. The first kappa shape index (κ1) is 20.5. The summed E-state index contributed by atoms with van der Waals surface area (Å²) >= 11 is 5.90. The van der Waals surface area contributed by atoms with E-state index >= 15 is 0 Å². The third-order valence-electron chi connectivity index (χ3n) is 4.97. The molecule has 30 heavy (non-hydrogen) atoms. The van der Waals surface area contributed by atoms with Crippen molar-refractivity contribution in [1.82, 2.24) is 4.72 Å². The third kappa shape index (κ3) is 4.23. The minimum absolute atomic E-state index is 0.00963. The molecule has 0 atom stereocenters. The number of halogens is 2. The van der Waals surface area contributed by atoms with Crippen LogP contribution in [0, 0.1) is 5.82 Å². The summed E-state index contributed by atoms with van der Waals surface area (Å²) in [5.41, 5.74) is 3.06. The number of rotatable bonds is 5. The highest BCUT2D eigenvalue weighted by atomic mass is 35.5. The van der Waals surface area contributed by atoms with Gasteiger partial charge in [0, 0.05) is 29.4 Å². The number of carbonyl (C=O) groups excluding carboxylic acids is 1. The minimum Gasteiger partial charge on any atom is -0.308 e. The minimum atomic E-state index is -3.78. The summed E-state index contributed by atoms with van der Waals surface area (Å²) in [5, 5.41) is 0.559. The van der Waals surface area contributed by atoms with Gasteiger partial charge in [0.2, 0.25) is 10.0 Å². The fourth-order valence-corrected chi connectivity index (χ4v) is 4.51. The van der Waals surface area contributed by atoms with Crippen LogP contribution in [0.25, 0.3) is 0 Å². The van der Waals surface area contributed by atoms with Crippen LogP contribution in [0.3, 0.4) is 0 Å². The number of nitrogens with one attached hydrogen (secondary N) is 1. The Morgan fingerprint density at radius 3 is 2.43 bits per heavy atom. The lowest BCUT2D eigenvalue weighted by Gasteiger charge is -2.18. The number of anilines is 1. The number of benzene rings is 3. The van der Waals surface area contributed by atoms with Gasteiger partial charge >= 0.3 is 0 Å². The summed E-state index contributed by atoms with van der Waals surface area (Å²) in [7, 11) is -3.78. The van der Waals surface area contributed by atoms with E-state index in [1.54, 1.807) is 29.2 Å². The van der Waals surface area contributed by atoms with Crippen molar-refractivity contribution in [2.75, 3.05) is 11.4 Å². The molecular weight excluding hydrogens is 427 g/mol. The summed E-state index contributed by atoms with van der Waals surface area (Å²) < 4.78 is 40.4. The molecule has 0 saturated heterocycles. The van der Waals surface area contributed by atoms with Gasteiger partial charge in [0.15, 0.2) is 0 Å². The molecule has 0 radical (unpaired) electrons. The van der Waals surface area contributed by atoms with Crippen molar-refractivity contribution < 1.29 is 17.6 Å². The molecule has 0 unspecified atom stereocenters. The van der Waals surface area contributed by atoms with E-state index in [-0.39, 0.29) is 17.3 Å². The van der Waals surface area contributed by atoms with Gasteiger partial charge in [-0.2, -0.15) is 0 Å². The third-order valence-corrected chi connectivity index (χ3v) is 6.64. The molecule has 1 N–H and O–H groups in total. The zero-order valence-corrected chi connectivity index (χ0v) is 17.4. The predicted octanol–water partition coefficient (Wildman–Crippen LogP) is 4.16. The molecule has 3 aromatic carbocycles. The van der Waals surface area contributed by atoms with Crippen LogP contribution in [0.1, 0.15) is 21.5 Å². The quantitative estimate of drug-likeness (QED) is 0.642. The molecule has 1 aliphatic rings. The Hall–Kier alpha value is -2.74. The summed E-state index contributed by atoms with van der Waals surface area (Å²) in [4.78, 5) is 14.6. The Kier molecular flexibility index (Phi) is 5.60. The van der Waals surface area contributed by atoms with Crippen LogP contribution in [0.15, 0.2) is 71.6 Å². The van der Waals surface area contributed by atoms with Crippen LogP contribution in [-0.2, 0) is 23.0 Å². The normalized spacial score (nSPS) is 13.3. The topological polar surface area (TPSA) is 66.5 Å². The molecule has 0 fully saturated rings. The summed E-state index contributed by atoms with van der Waals surface area (Å²) in [6.07, 6.45) is 0.732.